The summed E-state index contributed by atoms with van der Waals surface area (Å²) in [5, 5.41) is 4.16. The fourth-order valence-electron chi connectivity index (χ4n) is 1.88. The van der Waals surface area contributed by atoms with Gasteiger partial charge in [-0.1, -0.05) is 0 Å². The molecule has 0 atom stereocenters. The molecule has 0 amide bonds. The number of hydrogen-bond donors (Lipinski definition) is 0. The molecule has 0 radical (unpaired) electrons. The quantitative estimate of drug-likeness (QED) is 0.831. The summed E-state index contributed by atoms with van der Waals surface area (Å²) >= 11 is 0. The molecule has 0 fully saturated rings. The van der Waals surface area contributed by atoms with Crippen LogP contribution < -0.4 is 14.2 Å². The molecule has 0 saturated heterocycles. The zero-order valence-corrected chi connectivity index (χ0v) is 10.9. The van der Waals surface area contributed by atoms with Crippen molar-refractivity contribution in [3.05, 3.63) is 24.4 Å². The number of methoxy groups -OCH3 is 3. The van der Waals surface area contributed by atoms with Crippen LogP contribution in [0.1, 0.15) is 0 Å². The SMILES string of the molecule is COc1cc(OC)c(-c2ccnn2C)c(OC)c1. The minimum atomic E-state index is 0.689. The summed E-state index contributed by atoms with van der Waals surface area (Å²) in [5.41, 5.74) is 1.78. The highest BCUT2D eigenvalue weighted by molar-refractivity contribution is 5.76. The van der Waals surface area contributed by atoms with E-state index in [1.165, 1.54) is 0 Å². The molecule has 0 bridgehead atoms. The summed E-state index contributed by atoms with van der Waals surface area (Å²) in [6, 6.07) is 5.56. The molecule has 1 aromatic heterocycles. The second kappa shape index (κ2) is 5.00. The molecule has 0 aliphatic rings. The number of rotatable bonds is 4. The second-order valence-corrected chi connectivity index (χ2v) is 3.75. The molecule has 0 saturated carbocycles. The van der Waals surface area contributed by atoms with Crippen LogP contribution in [0.15, 0.2) is 24.4 Å². The lowest BCUT2D eigenvalue weighted by atomic mass is 10.1. The van der Waals surface area contributed by atoms with Crippen molar-refractivity contribution in [3.63, 3.8) is 0 Å². The Morgan fingerprint density at radius 3 is 2.00 bits per heavy atom. The predicted octanol–water partition coefficient (Wildman–Crippen LogP) is 2.11. The third-order valence-electron chi connectivity index (χ3n) is 2.79. The summed E-state index contributed by atoms with van der Waals surface area (Å²) in [4.78, 5) is 0. The third-order valence-corrected chi connectivity index (χ3v) is 2.79. The van der Waals surface area contributed by atoms with Gasteiger partial charge in [0.25, 0.3) is 0 Å². The molecule has 18 heavy (non-hydrogen) atoms. The van der Waals surface area contributed by atoms with Crippen molar-refractivity contribution >= 4 is 0 Å². The van der Waals surface area contributed by atoms with Crippen LogP contribution in [0.3, 0.4) is 0 Å². The smallest absolute Gasteiger partial charge is 0.135 e. The van der Waals surface area contributed by atoms with Crippen LogP contribution in [0.5, 0.6) is 17.2 Å². The topological polar surface area (TPSA) is 45.5 Å². The van der Waals surface area contributed by atoms with E-state index in [-0.39, 0.29) is 0 Å². The van der Waals surface area contributed by atoms with Crippen molar-refractivity contribution in [1.29, 1.82) is 0 Å². The Hall–Kier alpha value is -2.17. The molecule has 5 heteroatoms. The van der Waals surface area contributed by atoms with E-state index in [1.807, 2.05) is 25.2 Å². The zero-order valence-electron chi connectivity index (χ0n) is 10.9. The maximum atomic E-state index is 5.41. The summed E-state index contributed by atoms with van der Waals surface area (Å²) < 4.78 is 17.8. The minimum absolute atomic E-state index is 0.689. The van der Waals surface area contributed by atoms with Gasteiger partial charge < -0.3 is 14.2 Å². The van der Waals surface area contributed by atoms with Gasteiger partial charge in [-0.3, -0.25) is 4.68 Å². The predicted molar refractivity (Wildman–Crippen MR) is 68.3 cm³/mol. The van der Waals surface area contributed by atoms with Crippen molar-refractivity contribution < 1.29 is 14.2 Å². The first kappa shape index (κ1) is 12.3. The van der Waals surface area contributed by atoms with Crippen molar-refractivity contribution in [3.8, 4) is 28.5 Å². The molecule has 1 heterocycles. The van der Waals surface area contributed by atoms with Gasteiger partial charge in [-0.05, 0) is 6.07 Å². The molecule has 0 N–H and O–H groups in total. The molecular formula is C13H16N2O3. The lowest BCUT2D eigenvalue weighted by Crippen LogP contribution is -1.99. The number of benzene rings is 1. The van der Waals surface area contributed by atoms with Gasteiger partial charge in [0, 0.05) is 25.4 Å². The molecule has 0 aliphatic heterocycles. The van der Waals surface area contributed by atoms with E-state index in [9.17, 15) is 0 Å². The first-order chi connectivity index (χ1) is 8.71. The Bertz CT molecular complexity index is 524. The van der Waals surface area contributed by atoms with Gasteiger partial charge in [-0.25, -0.2) is 0 Å². The van der Waals surface area contributed by atoms with Gasteiger partial charge in [-0.15, -0.1) is 0 Å². The average molecular weight is 248 g/mol. The van der Waals surface area contributed by atoms with Gasteiger partial charge in [0.15, 0.2) is 0 Å². The number of nitrogens with zero attached hydrogens (tertiary/aromatic N) is 2. The Kier molecular flexibility index (Phi) is 3.41. The van der Waals surface area contributed by atoms with Crippen LogP contribution in [0.2, 0.25) is 0 Å². The number of ether oxygens (including phenoxy) is 3. The van der Waals surface area contributed by atoms with Crippen LogP contribution in [0, 0.1) is 0 Å². The third kappa shape index (κ3) is 1.99. The van der Waals surface area contributed by atoms with E-state index in [2.05, 4.69) is 5.10 Å². The molecule has 96 valence electrons. The molecule has 0 spiro atoms. The zero-order chi connectivity index (χ0) is 13.1. The molecule has 2 rings (SSSR count). The molecule has 5 nitrogen and oxygen atoms in total. The Labute approximate surface area is 106 Å². The minimum Gasteiger partial charge on any atom is -0.496 e. The fourth-order valence-corrected chi connectivity index (χ4v) is 1.88. The number of aryl methyl sites for hydroxylation is 1. The van der Waals surface area contributed by atoms with Gasteiger partial charge in [0.1, 0.15) is 17.2 Å². The van der Waals surface area contributed by atoms with E-state index in [0.717, 1.165) is 11.3 Å². The molecule has 1 aromatic carbocycles. The number of aromatic nitrogens is 2. The monoisotopic (exact) mass is 248 g/mol. The highest BCUT2D eigenvalue weighted by Crippen LogP contribution is 2.41. The Morgan fingerprint density at radius 2 is 1.61 bits per heavy atom. The van der Waals surface area contributed by atoms with Crippen molar-refractivity contribution in [2.75, 3.05) is 21.3 Å². The van der Waals surface area contributed by atoms with Crippen LogP contribution in [0.25, 0.3) is 11.3 Å². The van der Waals surface area contributed by atoms with Crippen molar-refractivity contribution in [2.45, 2.75) is 0 Å². The maximum absolute atomic E-state index is 5.41. The van der Waals surface area contributed by atoms with E-state index in [0.29, 0.717) is 17.2 Å². The van der Waals surface area contributed by atoms with E-state index in [1.54, 1.807) is 32.2 Å². The van der Waals surface area contributed by atoms with E-state index < -0.39 is 0 Å². The lowest BCUT2D eigenvalue weighted by Gasteiger charge is -2.15. The van der Waals surface area contributed by atoms with Crippen LogP contribution in [-0.2, 0) is 7.05 Å². The second-order valence-electron chi connectivity index (χ2n) is 3.75. The number of hydrogen-bond acceptors (Lipinski definition) is 4. The summed E-state index contributed by atoms with van der Waals surface area (Å²) in [5.74, 6) is 2.07. The van der Waals surface area contributed by atoms with Gasteiger partial charge in [0.05, 0.1) is 32.6 Å². The highest BCUT2D eigenvalue weighted by Gasteiger charge is 2.17. The fraction of sp³-hybridized carbons (Fsp3) is 0.308. The van der Waals surface area contributed by atoms with Crippen LogP contribution >= 0.6 is 0 Å². The summed E-state index contributed by atoms with van der Waals surface area (Å²) in [6.07, 6.45) is 1.73. The highest BCUT2D eigenvalue weighted by atomic mass is 16.5. The first-order valence-electron chi connectivity index (χ1n) is 5.49. The van der Waals surface area contributed by atoms with Crippen molar-refractivity contribution in [1.82, 2.24) is 9.78 Å². The molecule has 2 aromatic rings. The standard InChI is InChI=1S/C13H16N2O3/c1-15-10(5-6-14-15)13-11(17-3)7-9(16-2)8-12(13)18-4/h5-8H,1-4H3. The van der Waals surface area contributed by atoms with Gasteiger partial charge >= 0.3 is 0 Å². The maximum Gasteiger partial charge on any atom is 0.135 e. The Morgan fingerprint density at radius 1 is 1.00 bits per heavy atom. The van der Waals surface area contributed by atoms with E-state index >= 15 is 0 Å². The van der Waals surface area contributed by atoms with Crippen LogP contribution in [0.4, 0.5) is 0 Å². The Balaban J connectivity index is 2.68. The summed E-state index contributed by atoms with van der Waals surface area (Å²) in [6.45, 7) is 0. The average Bonchev–Trinajstić information content (AvgIpc) is 2.82. The van der Waals surface area contributed by atoms with Crippen LogP contribution in [-0.4, -0.2) is 31.1 Å². The largest absolute Gasteiger partial charge is 0.496 e. The van der Waals surface area contributed by atoms with Gasteiger partial charge in [-0.2, -0.15) is 5.10 Å². The molecule has 0 aliphatic carbocycles. The lowest BCUT2D eigenvalue weighted by molar-refractivity contribution is 0.377. The summed E-state index contributed by atoms with van der Waals surface area (Å²) in [7, 11) is 6.72. The van der Waals surface area contributed by atoms with E-state index in [4.69, 9.17) is 14.2 Å². The van der Waals surface area contributed by atoms with Crippen molar-refractivity contribution in [2.24, 2.45) is 7.05 Å². The normalized spacial score (nSPS) is 10.2. The molecule has 0 unspecified atom stereocenters. The van der Waals surface area contributed by atoms with Gasteiger partial charge in [0.2, 0.25) is 0 Å². The first-order valence-corrected chi connectivity index (χ1v) is 5.49. The molecular weight excluding hydrogens is 232 g/mol.